The Hall–Kier alpha value is -1.17. The van der Waals surface area contributed by atoms with Crippen molar-refractivity contribution in [2.75, 3.05) is 0 Å². The van der Waals surface area contributed by atoms with Gasteiger partial charge in [-0.15, -0.1) is 0 Å². The smallest absolute Gasteiger partial charge is 0.300 e. The van der Waals surface area contributed by atoms with Crippen molar-refractivity contribution in [3.63, 3.8) is 0 Å². The van der Waals surface area contributed by atoms with Crippen LogP contribution < -0.4 is 5.32 Å². The van der Waals surface area contributed by atoms with Gasteiger partial charge in [0.25, 0.3) is 0 Å². The predicted octanol–water partition coefficient (Wildman–Crippen LogP) is 3.57. The molecule has 0 bridgehead atoms. The van der Waals surface area contributed by atoms with Gasteiger partial charge in [-0.05, 0) is 17.7 Å². The van der Waals surface area contributed by atoms with Crippen LogP contribution in [0.5, 0.6) is 0 Å². The summed E-state index contributed by atoms with van der Waals surface area (Å²) in [5, 5.41) is 2.27. The topological polar surface area (TPSA) is 12.0 Å². The Balaban J connectivity index is 3.09. The molecule has 1 aromatic rings. The van der Waals surface area contributed by atoms with Gasteiger partial charge in [-0.1, -0.05) is 19.9 Å². The van der Waals surface area contributed by atoms with Gasteiger partial charge >= 0.3 is 6.18 Å². The Bertz CT molecular complexity index is 386. The highest BCUT2D eigenvalue weighted by Gasteiger charge is 2.41. The fraction of sp³-hybridized carbons (Fsp3) is 0.455. The fourth-order valence-electron chi connectivity index (χ4n) is 1.40. The molecule has 96 valence electrons. The molecular weight excluding hydrogens is 241 g/mol. The fourth-order valence-corrected chi connectivity index (χ4v) is 1.40. The van der Waals surface area contributed by atoms with E-state index < -0.39 is 29.9 Å². The molecule has 17 heavy (non-hydrogen) atoms. The van der Waals surface area contributed by atoms with E-state index in [-0.39, 0.29) is 5.56 Å². The first kappa shape index (κ1) is 13.9. The molecule has 1 nitrogen and oxygen atoms in total. The highest BCUT2D eigenvalue weighted by atomic mass is 19.4. The maximum Gasteiger partial charge on any atom is 0.407 e. The van der Waals surface area contributed by atoms with Crippen LogP contribution in [0.1, 0.15) is 25.5 Å². The number of benzene rings is 1. The van der Waals surface area contributed by atoms with Crippen molar-refractivity contribution in [3.05, 3.63) is 35.4 Å². The molecule has 0 fully saturated rings. The van der Waals surface area contributed by atoms with E-state index in [0.29, 0.717) is 12.1 Å². The maximum absolute atomic E-state index is 12.9. The number of alkyl halides is 3. The maximum atomic E-state index is 12.9. The monoisotopic (exact) mass is 253 g/mol. The van der Waals surface area contributed by atoms with Crippen LogP contribution in [0.3, 0.4) is 0 Å². The highest BCUT2D eigenvalue weighted by molar-refractivity contribution is 5.22. The number of rotatable bonds is 3. The minimum Gasteiger partial charge on any atom is -0.300 e. The van der Waals surface area contributed by atoms with Crippen LogP contribution in [0, 0.1) is 11.6 Å². The summed E-state index contributed by atoms with van der Waals surface area (Å²) in [6.45, 7) is 3.08. The molecule has 6 heteroatoms. The van der Waals surface area contributed by atoms with Gasteiger partial charge in [0.15, 0.2) is 11.6 Å². The largest absolute Gasteiger partial charge is 0.407 e. The lowest BCUT2D eigenvalue weighted by molar-refractivity contribution is -0.159. The molecule has 0 unspecified atom stereocenters. The second kappa shape index (κ2) is 5.00. The van der Waals surface area contributed by atoms with E-state index >= 15 is 0 Å². The quantitative estimate of drug-likeness (QED) is 0.812. The van der Waals surface area contributed by atoms with E-state index in [1.165, 1.54) is 0 Å². The summed E-state index contributed by atoms with van der Waals surface area (Å²) < 4.78 is 63.7. The number of hydrogen-bond donors (Lipinski definition) is 1. The molecule has 0 aromatic heterocycles. The van der Waals surface area contributed by atoms with Crippen molar-refractivity contribution < 1.29 is 22.0 Å². The van der Waals surface area contributed by atoms with E-state index in [1.54, 1.807) is 13.8 Å². The molecule has 0 radical (unpaired) electrons. The van der Waals surface area contributed by atoms with Crippen LogP contribution in [-0.2, 0) is 0 Å². The van der Waals surface area contributed by atoms with Gasteiger partial charge in [-0.3, -0.25) is 0 Å². The molecule has 0 heterocycles. The Labute approximate surface area is 95.6 Å². The number of nitrogens with one attached hydrogen (secondary N) is 1. The van der Waals surface area contributed by atoms with Gasteiger partial charge < -0.3 is 5.32 Å². The van der Waals surface area contributed by atoms with Gasteiger partial charge in [-0.2, -0.15) is 13.2 Å². The molecule has 0 saturated carbocycles. The van der Waals surface area contributed by atoms with E-state index in [0.717, 1.165) is 6.07 Å². The lowest BCUT2D eigenvalue weighted by atomic mass is 10.1. The van der Waals surface area contributed by atoms with Gasteiger partial charge in [-0.25, -0.2) is 8.78 Å². The van der Waals surface area contributed by atoms with Gasteiger partial charge in [0, 0.05) is 6.04 Å². The second-order valence-corrected chi connectivity index (χ2v) is 3.97. The molecule has 0 aliphatic heterocycles. The first-order chi connectivity index (χ1) is 7.71. The zero-order valence-electron chi connectivity index (χ0n) is 9.28. The number of halogens is 5. The molecule has 1 N–H and O–H groups in total. The lowest BCUT2D eigenvalue weighted by Crippen LogP contribution is -2.38. The van der Waals surface area contributed by atoms with Crippen LogP contribution in [-0.4, -0.2) is 12.2 Å². The summed E-state index contributed by atoms with van der Waals surface area (Å²) in [7, 11) is 0. The second-order valence-electron chi connectivity index (χ2n) is 3.97. The van der Waals surface area contributed by atoms with Gasteiger partial charge in [0.2, 0.25) is 0 Å². The highest BCUT2D eigenvalue weighted by Crippen LogP contribution is 2.33. The third kappa shape index (κ3) is 3.66. The molecule has 0 saturated heterocycles. The first-order valence-electron chi connectivity index (χ1n) is 4.99. The van der Waals surface area contributed by atoms with E-state index in [2.05, 4.69) is 5.32 Å². The van der Waals surface area contributed by atoms with Gasteiger partial charge in [0.05, 0.1) is 0 Å². The molecule has 0 amide bonds. The number of hydrogen-bond acceptors (Lipinski definition) is 1. The first-order valence-corrected chi connectivity index (χ1v) is 4.99. The molecule has 0 aliphatic carbocycles. The van der Waals surface area contributed by atoms with Crippen molar-refractivity contribution in [2.24, 2.45) is 0 Å². The minimum atomic E-state index is -4.56. The third-order valence-electron chi connectivity index (χ3n) is 2.10. The van der Waals surface area contributed by atoms with Crippen molar-refractivity contribution in [1.29, 1.82) is 0 Å². The van der Waals surface area contributed by atoms with Crippen LogP contribution in [0.4, 0.5) is 22.0 Å². The summed E-state index contributed by atoms with van der Waals surface area (Å²) in [5.74, 6) is -2.46. The van der Waals surface area contributed by atoms with E-state index in [9.17, 15) is 22.0 Å². The van der Waals surface area contributed by atoms with Crippen molar-refractivity contribution in [2.45, 2.75) is 32.1 Å². The molecule has 1 rings (SSSR count). The Kier molecular flexibility index (Phi) is 4.08. The average Bonchev–Trinajstić information content (AvgIpc) is 2.17. The third-order valence-corrected chi connectivity index (χ3v) is 2.10. The zero-order chi connectivity index (χ0) is 13.2. The molecular formula is C11H12F5N. The Morgan fingerprint density at radius 3 is 2.06 bits per heavy atom. The normalized spacial score (nSPS) is 14.1. The van der Waals surface area contributed by atoms with Gasteiger partial charge in [0.1, 0.15) is 6.04 Å². The average molecular weight is 253 g/mol. The Morgan fingerprint density at radius 2 is 1.65 bits per heavy atom. The van der Waals surface area contributed by atoms with Crippen LogP contribution >= 0.6 is 0 Å². The summed E-state index contributed by atoms with van der Waals surface area (Å²) in [5.41, 5.74) is -0.342. The zero-order valence-corrected chi connectivity index (χ0v) is 9.28. The summed E-state index contributed by atoms with van der Waals surface area (Å²) in [4.78, 5) is 0. The van der Waals surface area contributed by atoms with E-state index in [1.807, 2.05) is 0 Å². The predicted molar refractivity (Wildman–Crippen MR) is 53.4 cm³/mol. The molecule has 0 spiro atoms. The lowest BCUT2D eigenvalue weighted by Gasteiger charge is -2.24. The Morgan fingerprint density at radius 1 is 1.06 bits per heavy atom. The molecule has 0 aliphatic rings. The van der Waals surface area contributed by atoms with Crippen LogP contribution in [0.2, 0.25) is 0 Å². The van der Waals surface area contributed by atoms with Crippen LogP contribution in [0.25, 0.3) is 0 Å². The molecule has 1 atom stereocenters. The summed E-state index contributed by atoms with van der Waals surface area (Å²) in [6, 6.07) is -0.271. The van der Waals surface area contributed by atoms with Crippen molar-refractivity contribution in [1.82, 2.24) is 5.32 Å². The van der Waals surface area contributed by atoms with Crippen molar-refractivity contribution in [3.8, 4) is 0 Å². The van der Waals surface area contributed by atoms with E-state index in [4.69, 9.17) is 0 Å². The molecule has 1 aromatic carbocycles. The standard InChI is InChI=1S/C11H12F5N/c1-6(2)17-10(11(14,15)16)7-3-4-8(12)9(13)5-7/h3-6,10,17H,1-2H3/t10-/m0/s1. The minimum absolute atomic E-state index is 0.342. The summed E-state index contributed by atoms with van der Waals surface area (Å²) >= 11 is 0. The van der Waals surface area contributed by atoms with Crippen LogP contribution in [0.15, 0.2) is 18.2 Å². The summed E-state index contributed by atoms with van der Waals surface area (Å²) in [6.07, 6.45) is -4.56. The van der Waals surface area contributed by atoms with Crippen molar-refractivity contribution >= 4 is 0 Å². The SMILES string of the molecule is CC(C)N[C@@H](c1ccc(F)c(F)c1)C(F)(F)F.